The second-order valence-corrected chi connectivity index (χ2v) is 0.925. The molecule has 60 valence electrons. The molecule has 0 fully saturated rings. The van der Waals surface area contributed by atoms with Gasteiger partial charge < -0.3 is 21.2 Å². The molecular formula is C4H11AlO5. The molecule has 0 heterocycles. The third kappa shape index (κ3) is 44.9. The van der Waals surface area contributed by atoms with Crippen LogP contribution in [0.15, 0.2) is 0 Å². The third-order valence-corrected chi connectivity index (χ3v) is 0.348. The number of esters is 1. The third-order valence-electron chi connectivity index (χ3n) is 0.348. The van der Waals surface area contributed by atoms with E-state index in [4.69, 9.17) is 0 Å². The molecular weight excluding hydrogens is 155 g/mol. The van der Waals surface area contributed by atoms with Crippen LogP contribution >= 0.6 is 0 Å². The van der Waals surface area contributed by atoms with Gasteiger partial charge in [-0.25, -0.2) is 0 Å². The summed E-state index contributed by atoms with van der Waals surface area (Å²) in [4.78, 5) is 9.82. The Bertz CT molecular complexity index is 57.6. The topological polar surface area (TPSA) is 116 Å². The van der Waals surface area contributed by atoms with Gasteiger partial charge in [0.2, 0.25) is 0 Å². The largest absolute Gasteiger partial charge is 3.00 e. The monoisotopic (exact) mass is 166 g/mol. The average Bonchev–Trinajstić information content (AvgIpc) is 1.35. The van der Waals surface area contributed by atoms with Crippen molar-refractivity contribution in [2.75, 3.05) is 6.61 Å². The van der Waals surface area contributed by atoms with E-state index >= 15 is 0 Å². The predicted octanol–water partition coefficient (Wildman–Crippen LogP) is -0.342. The van der Waals surface area contributed by atoms with Crippen molar-refractivity contribution in [1.29, 1.82) is 0 Å². The van der Waals surface area contributed by atoms with Crippen LogP contribution in [-0.2, 0) is 9.53 Å². The molecule has 5 nitrogen and oxygen atoms in total. The van der Waals surface area contributed by atoms with Gasteiger partial charge in [0, 0.05) is 6.92 Å². The van der Waals surface area contributed by atoms with E-state index in [1.165, 1.54) is 6.92 Å². The van der Waals surface area contributed by atoms with Crippen molar-refractivity contribution in [3.63, 3.8) is 0 Å². The second-order valence-electron chi connectivity index (χ2n) is 0.925. The van der Waals surface area contributed by atoms with E-state index in [0.29, 0.717) is 6.61 Å². The van der Waals surface area contributed by atoms with Gasteiger partial charge in [-0.2, -0.15) is 0 Å². The molecule has 0 rings (SSSR count). The van der Waals surface area contributed by atoms with Crippen LogP contribution in [0.5, 0.6) is 0 Å². The van der Waals surface area contributed by atoms with Gasteiger partial charge in [0.15, 0.2) is 0 Å². The van der Waals surface area contributed by atoms with E-state index in [1.54, 1.807) is 6.92 Å². The molecule has 0 aliphatic heterocycles. The molecule has 10 heavy (non-hydrogen) atoms. The van der Waals surface area contributed by atoms with Crippen LogP contribution in [0.3, 0.4) is 0 Å². The molecule has 6 heteroatoms. The first-order chi connectivity index (χ1) is 2.77. The normalized spacial score (nSPS) is 4.60. The number of carbonyl (C=O) groups is 1. The quantitative estimate of drug-likeness (QED) is 0.390. The molecule has 0 radical (unpaired) electrons. The van der Waals surface area contributed by atoms with Crippen LogP contribution in [-0.4, -0.2) is 46.4 Å². The first kappa shape index (κ1) is 32.7. The fourth-order valence-corrected chi connectivity index (χ4v) is 0.203. The van der Waals surface area contributed by atoms with Crippen LogP contribution in [0, 0.1) is 0 Å². The Kier molecular flexibility index (Phi) is 75.7. The van der Waals surface area contributed by atoms with Gasteiger partial charge in [-0.15, -0.1) is 0 Å². The van der Waals surface area contributed by atoms with Gasteiger partial charge in [0.1, 0.15) is 0 Å². The summed E-state index contributed by atoms with van der Waals surface area (Å²) in [5.74, 6) is -0.211. The van der Waals surface area contributed by atoms with Crippen LogP contribution in [0.25, 0.3) is 0 Å². The number of carbonyl (C=O) groups excluding carboxylic acids is 1. The van der Waals surface area contributed by atoms with Gasteiger partial charge >= 0.3 is 23.3 Å². The Morgan fingerprint density at radius 3 is 1.60 bits per heavy atom. The zero-order chi connectivity index (χ0) is 4.99. The fraction of sp³-hybridized carbons (Fsp3) is 0.750. The summed E-state index contributed by atoms with van der Waals surface area (Å²) >= 11 is 0. The maximum absolute atomic E-state index is 9.82. The summed E-state index contributed by atoms with van der Waals surface area (Å²) < 4.78 is 4.40. The average molecular weight is 166 g/mol. The summed E-state index contributed by atoms with van der Waals surface area (Å²) in [6.45, 7) is 3.65. The van der Waals surface area contributed by atoms with E-state index in [0.717, 1.165) is 0 Å². The Morgan fingerprint density at radius 1 is 1.30 bits per heavy atom. The maximum atomic E-state index is 9.82. The molecule has 0 amide bonds. The summed E-state index contributed by atoms with van der Waals surface area (Å²) in [6, 6.07) is 0. The number of hydrogen-bond acceptors (Lipinski definition) is 5. The molecule has 0 aromatic rings. The van der Waals surface area contributed by atoms with Crippen LogP contribution in [0.4, 0.5) is 0 Å². The number of rotatable bonds is 1. The first-order valence-electron chi connectivity index (χ1n) is 1.90. The summed E-state index contributed by atoms with van der Waals surface area (Å²) in [7, 11) is 0. The molecule has 0 bridgehead atoms. The van der Waals surface area contributed by atoms with Crippen molar-refractivity contribution in [2.45, 2.75) is 13.8 Å². The predicted molar refractivity (Wildman–Crippen MR) is 33.9 cm³/mol. The van der Waals surface area contributed by atoms with Crippen molar-refractivity contribution < 1.29 is 26.0 Å². The zero-order valence-corrected chi connectivity index (χ0v) is 7.10. The van der Waals surface area contributed by atoms with Crippen molar-refractivity contribution >= 4 is 23.3 Å². The summed E-state index contributed by atoms with van der Waals surface area (Å²) in [5, 5.41) is 0. The van der Waals surface area contributed by atoms with Crippen molar-refractivity contribution in [2.24, 2.45) is 0 Å². The van der Waals surface area contributed by atoms with E-state index in [9.17, 15) is 4.79 Å². The van der Waals surface area contributed by atoms with Crippen LogP contribution in [0.1, 0.15) is 13.8 Å². The summed E-state index contributed by atoms with van der Waals surface area (Å²) in [5.41, 5.74) is 0. The minimum absolute atomic E-state index is 0. The Labute approximate surface area is 70.4 Å². The SMILES string of the molecule is CCOC(C)=O.[Al+3].[OH-].[OH-].[OH-]. The first-order valence-corrected chi connectivity index (χ1v) is 1.90. The van der Waals surface area contributed by atoms with Crippen molar-refractivity contribution in [3.8, 4) is 0 Å². The standard InChI is InChI=1S/C4H8O2.Al.3H2O/c1-3-6-4(2)5;;;;/h3H2,1-2H3;;3*1H2/q;+3;;;/p-3. The zero-order valence-electron chi connectivity index (χ0n) is 5.94. The van der Waals surface area contributed by atoms with Crippen LogP contribution < -0.4 is 0 Å². The summed E-state index contributed by atoms with van der Waals surface area (Å²) in [6.07, 6.45) is 0. The smallest absolute Gasteiger partial charge is 0.870 e. The second kappa shape index (κ2) is 23.2. The molecule has 3 N–H and O–H groups in total. The van der Waals surface area contributed by atoms with Crippen LogP contribution in [0.2, 0.25) is 0 Å². The molecule has 0 unspecified atom stereocenters. The van der Waals surface area contributed by atoms with Gasteiger partial charge in [0.25, 0.3) is 0 Å². The van der Waals surface area contributed by atoms with Crippen molar-refractivity contribution in [3.05, 3.63) is 0 Å². The van der Waals surface area contributed by atoms with E-state index in [1.807, 2.05) is 0 Å². The number of hydrogen-bond donors (Lipinski definition) is 0. The van der Waals surface area contributed by atoms with E-state index in [-0.39, 0.29) is 39.8 Å². The molecule has 0 atom stereocenters. The fourth-order valence-electron chi connectivity index (χ4n) is 0.203. The van der Waals surface area contributed by atoms with E-state index in [2.05, 4.69) is 4.74 Å². The van der Waals surface area contributed by atoms with Gasteiger partial charge in [-0.3, -0.25) is 4.79 Å². The van der Waals surface area contributed by atoms with E-state index < -0.39 is 0 Å². The minimum Gasteiger partial charge on any atom is -0.870 e. The Morgan fingerprint density at radius 2 is 1.60 bits per heavy atom. The molecule has 0 aliphatic rings. The molecule has 0 aliphatic carbocycles. The van der Waals surface area contributed by atoms with Gasteiger partial charge in [0.05, 0.1) is 6.61 Å². The van der Waals surface area contributed by atoms with Crippen molar-refractivity contribution in [1.82, 2.24) is 0 Å². The molecule has 0 aromatic heterocycles. The molecule has 0 saturated heterocycles. The Balaban J connectivity index is -0.0000000208. The van der Waals surface area contributed by atoms with Gasteiger partial charge in [-0.05, 0) is 6.92 Å². The maximum Gasteiger partial charge on any atom is 3.00 e. The van der Waals surface area contributed by atoms with Gasteiger partial charge in [-0.1, -0.05) is 0 Å². The molecule has 0 saturated carbocycles. The molecule has 0 aromatic carbocycles. The Hall–Kier alpha value is -0.118. The number of ether oxygens (including phenoxy) is 1. The minimum atomic E-state index is -0.211. The molecule has 0 spiro atoms.